The van der Waals surface area contributed by atoms with E-state index in [9.17, 15) is 32.7 Å². The maximum atomic E-state index is 15.7. The third-order valence-electron chi connectivity index (χ3n) is 6.45. The molecule has 1 amide bonds. The summed E-state index contributed by atoms with van der Waals surface area (Å²) in [6.07, 6.45) is -2.35. The summed E-state index contributed by atoms with van der Waals surface area (Å²) in [6.45, 7) is 3.01. The molecule has 2 unspecified atom stereocenters. The number of hydrogen-bond acceptors (Lipinski definition) is 5. The maximum Gasteiger partial charge on any atom is 0.471 e. The lowest BCUT2D eigenvalue weighted by atomic mass is 10.0. The summed E-state index contributed by atoms with van der Waals surface area (Å²) in [5.74, 6) is -4.78. The number of rotatable bonds is 5. The van der Waals surface area contributed by atoms with Gasteiger partial charge in [0.1, 0.15) is 11.3 Å². The molecule has 1 aliphatic carbocycles. The summed E-state index contributed by atoms with van der Waals surface area (Å²) in [4.78, 5) is 37.6. The Kier molecular flexibility index (Phi) is 5.73. The molecule has 1 aromatic heterocycles. The fourth-order valence-corrected chi connectivity index (χ4v) is 4.57. The number of aryl methyl sites for hydroxylation is 1. The Bertz CT molecular complexity index is 1250. The zero-order valence-corrected chi connectivity index (χ0v) is 18.6. The lowest BCUT2D eigenvalue weighted by Gasteiger charge is -2.26. The number of anilines is 1. The van der Waals surface area contributed by atoms with E-state index >= 15 is 4.39 Å². The number of carboxylic acid groups (broad SMARTS) is 1. The highest BCUT2D eigenvalue weighted by molar-refractivity contribution is 5.99. The third kappa shape index (κ3) is 3.84. The van der Waals surface area contributed by atoms with Gasteiger partial charge in [0, 0.05) is 30.9 Å². The van der Waals surface area contributed by atoms with E-state index in [-0.39, 0.29) is 47.0 Å². The number of nitrogens with one attached hydrogen (secondary N) is 1. The Morgan fingerprint density at radius 3 is 2.41 bits per heavy atom. The van der Waals surface area contributed by atoms with Gasteiger partial charge in [0.15, 0.2) is 11.6 Å². The summed E-state index contributed by atoms with van der Waals surface area (Å²) in [6, 6.07) is -0.988. The first-order valence-corrected chi connectivity index (χ1v) is 10.7. The van der Waals surface area contributed by atoms with Gasteiger partial charge in [0.05, 0.1) is 24.1 Å². The molecule has 2 N–H and O–H groups in total. The highest BCUT2D eigenvalue weighted by Crippen LogP contribution is 2.46. The van der Waals surface area contributed by atoms with Gasteiger partial charge in [-0.25, -0.2) is 9.18 Å². The number of fused-ring (bicyclic) bond motifs is 1. The van der Waals surface area contributed by atoms with Crippen molar-refractivity contribution in [2.24, 2.45) is 5.92 Å². The quantitative estimate of drug-likeness (QED) is 0.632. The second kappa shape index (κ2) is 8.17. The fourth-order valence-electron chi connectivity index (χ4n) is 4.57. The molecule has 2 heterocycles. The number of halogens is 4. The number of alkyl halides is 3. The van der Waals surface area contributed by atoms with E-state index in [1.807, 2.05) is 5.32 Å². The molecule has 1 aliphatic heterocycles. The number of ether oxygens (including phenoxy) is 1. The van der Waals surface area contributed by atoms with E-state index in [4.69, 9.17) is 4.74 Å². The summed E-state index contributed by atoms with van der Waals surface area (Å²) in [5, 5.41) is 11.3. The minimum Gasteiger partial charge on any atom is -0.492 e. The smallest absolute Gasteiger partial charge is 0.471 e. The molecular formula is C22H23F4N3O5. The van der Waals surface area contributed by atoms with Crippen molar-refractivity contribution in [1.82, 2.24) is 9.88 Å². The first kappa shape index (κ1) is 23.8. The Balaban J connectivity index is 1.88. The highest BCUT2D eigenvalue weighted by Gasteiger charge is 2.43. The lowest BCUT2D eigenvalue weighted by molar-refractivity contribution is -0.174. The van der Waals surface area contributed by atoms with Crippen LogP contribution in [0, 0.1) is 18.7 Å². The molecule has 1 saturated carbocycles. The number of carboxylic acids is 1. The van der Waals surface area contributed by atoms with Gasteiger partial charge >= 0.3 is 18.1 Å². The Hall–Kier alpha value is -3.31. The number of pyridine rings is 1. The van der Waals surface area contributed by atoms with E-state index < -0.39 is 46.8 Å². The van der Waals surface area contributed by atoms with Crippen LogP contribution < -0.4 is 20.4 Å². The molecule has 34 heavy (non-hydrogen) atoms. The van der Waals surface area contributed by atoms with Crippen LogP contribution in [0.4, 0.5) is 23.2 Å². The van der Waals surface area contributed by atoms with Gasteiger partial charge in [0.2, 0.25) is 5.43 Å². The monoisotopic (exact) mass is 485 g/mol. The van der Waals surface area contributed by atoms with Crippen molar-refractivity contribution in [3.05, 3.63) is 33.4 Å². The summed E-state index contributed by atoms with van der Waals surface area (Å²) >= 11 is 0. The zero-order chi connectivity index (χ0) is 25.1. The first-order chi connectivity index (χ1) is 15.9. The molecule has 4 rings (SSSR count). The Morgan fingerprint density at radius 1 is 1.24 bits per heavy atom. The second-order valence-corrected chi connectivity index (χ2v) is 8.82. The Morgan fingerprint density at radius 2 is 1.88 bits per heavy atom. The van der Waals surface area contributed by atoms with E-state index in [1.165, 1.54) is 25.1 Å². The van der Waals surface area contributed by atoms with Gasteiger partial charge < -0.3 is 24.6 Å². The SMILES string of the molecule is COc1c(N2CC(C)C(NC(=O)C(F)(F)F)C2)c(F)c(C)c2c(=O)c(C(=O)O)cn(C3CC3)c12. The standard InChI is InChI=1S/C22H23F4N3O5/c1-9-6-28(8-13(9)27-21(33)22(24,25)26)17-15(23)10(2)14-16(19(17)34-3)29(11-4-5-11)7-12(18(14)30)20(31)32/h7,9,11,13H,4-6,8H2,1-3H3,(H,27,33)(H,31,32). The van der Waals surface area contributed by atoms with Gasteiger partial charge in [-0.05, 0) is 25.7 Å². The second-order valence-electron chi connectivity index (χ2n) is 8.82. The number of carbonyl (C=O) groups excluding carboxylic acids is 1. The number of hydrogen-bond donors (Lipinski definition) is 2. The van der Waals surface area contributed by atoms with Crippen LogP contribution in [-0.2, 0) is 4.79 Å². The third-order valence-corrected chi connectivity index (χ3v) is 6.45. The normalized spacial score (nSPS) is 20.6. The van der Waals surface area contributed by atoms with Gasteiger partial charge in [-0.15, -0.1) is 0 Å². The minimum absolute atomic E-state index is 0.00552. The average Bonchev–Trinajstić information content (AvgIpc) is 3.53. The number of benzene rings is 1. The van der Waals surface area contributed by atoms with Crippen molar-refractivity contribution in [2.45, 2.75) is 44.9 Å². The number of aromatic nitrogens is 1. The summed E-state index contributed by atoms with van der Waals surface area (Å²) in [7, 11) is 1.28. The molecule has 8 nitrogen and oxygen atoms in total. The van der Waals surface area contributed by atoms with Crippen LogP contribution in [-0.4, -0.2) is 54.0 Å². The van der Waals surface area contributed by atoms with Crippen LogP contribution in [0.2, 0.25) is 0 Å². The average molecular weight is 485 g/mol. The van der Waals surface area contributed by atoms with Crippen molar-refractivity contribution in [3.63, 3.8) is 0 Å². The van der Waals surface area contributed by atoms with Gasteiger partial charge in [-0.3, -0.25) is 9.59 Å². The maximum absolute atomic E-state index is 15.7. The fraction of sp³-hybridized carbons (Fsp3) is 0.500. The molecule has 2 fully saturated rings. The molecule has 2 aromatic rings. The molecule has 1 saturated heterocycles. The van der Waals surface area contributed by atoms with Crippen molar-refractivity contribution >= 4 is 28.5 Å². The topological polar surface area (TPSA) is 101 Å². The highest BCUT2D eigenvalue weighted by atomic mass is 19.4. The van der Waals surface area contributed by atoms with Crippen LogP contribution in [0.25, 0.3) is 10.9 Å². The van der Waals surface area contributed by atoms with Crippen molar-refractivity contribution in [1.29, 1.82) is 0 Å². The molecule has 0 bridgehead atoms. The van der Waals surface area contributed by atoms with Crippen molar-refractivity contribution in [3.8, 4) is 5.75 Å². The van der Waals surface area contributed by atoms with Crippen LogP contribution >= 0.6 is 0 Å². The molecule has 2 atom stereocenters. The summed E-state index contributed by atoms with van der Waals surface area (Å²) < 4.78 is 61.1. The van der Waals surface area contributed by atoms with Crippen molar-refractivity contribution in [2.75, 3.05) is 25.1 Å². The van der Waals surface area contributed by atoms with E-state index in [0.29, 0.717) is 0 Å². The van der Waals surface area contributed by atoms with Crippen molar-refractivity contribution < 1.29 is 37.0 Å². The van der Waals surface area contributed by atoms with Gasteiger partial charge in [0.25, 0.3) is 0 Å². The predicted octanol–water partition coefficient (Wildman–Crippen LogP) is 2.99. The van der Waals surface area contributed by atoms with E-state index in [1.54, 1.807) is 11.5 Å². The number of carbonyl (C=O) groups is 2. The van der Waals surface area contributed by atoms with Crippen LogP contribution in [0.15, 0.2) is 11.0 Å². The number of methoxy groups -OCH3 is 1. The molecule has 12 heteroatoms. The van der Waals surface area contributed by atoms with E-state index in [2.05, 4.69) is 0 Å². The zero-order valence-electron chi connectivity index (χ0n) is 18.6. The van der Waals surface area contributed by atoms with E-state index in [0.717, 1.165) is 12.8 Å². The van der Waals surface area contributed by atoms with Gasteiger partial charge in [-0.2, -0.15) is 13.2 Å². The molecular weight excluding hydrogens is 462 g/mol. The molecule has 1 aromatic carbocycles. The van der Waals surface area contributed by atoms with Gasteiger partial charge in [-0.1, -0.05) is 6.92 Å². The molecule has 0 radical (unpaired) electrons. The first-order valence-electron chi connectivity index (χ1n) is 10.7. The minimum atomic E-state index is -5.04. The predicted molar refractivity (Wildman–Crippen MR) is 114 cm³/mol. The van der Waals surface area contributed by atoms with Crippen LogP contribution in [0.1, 0.15) is 41.7 Å². The van der Waals surface area contributed by atoms with Crippen LogP contribution in [0.3, 0.4) is 0 Å². The lowest BCUT2D eigenvalue weighted by Crippen LogP contribution is -2.46. The molecule has 0 spiro atoms. The van der Waals surface area contributed by atoms with Crippen LogP contribution in [0.5, 0.6) is 5.75 Å². The number of amides is 1. The largest absolute Gasteiger partial charge is 0.492 e. The number of aromatic carboxylic acids is 1. The summed E-state index contributed by atoms with van der Waals surface area (Å²) in [5.41, 5.74) is -1.21. The molecule has 2 aliphatic rings. The Labute approximate surface area is 191 Å². The molecule has 184 valence electrons. The number of nitrogens with zero attached hydrogens (tertiary/aromatic N) is 2.